The van der Waals surface area contributed by atoms with Gasteiger partial charge in [-0.05, 0) is 43.3 Å². The summed E-state index contributed by atoms with van der Waals surface area (Å²) in [6.45, 7) is 2.30. The van der Waals surface area contributed by atoms with E-state index in [2.05, 4.69) is 15.5 Å². The van der Waals surface area contributed by atoms with Gasteiger partial charge in [0.05, 0.1) is 27.0 Å². The molecule has 1 heterocycles. The summed E-state index contributed by atoms with van der Waals surface area (Å²) in [6.07, 6.45) is -4.56. The van der Waals surface area contributed by atoms with Gasteiger partial charge >= 0.3 is 6.18 Å². The maximum atomic E-state index is 13.2. The number of thioether (sulfide) groups is 1. The van der Waals surface area contributed by atoms with Crippen LogP contribution in [0.2, 0.25) is 10.0 Å². The molecule has 0 spiro atoms. The average Bonchev–Trinajstić information content (AvgIpc) is 3.14. The number of aromatic nitrogens is 3. The Balaban J connectivity index is 1.62. The summed E-state index contributed by atoms with van der Waals surface area (Å²) in [5, 5.41) is 10.9. The number of halogens is 6. The second-order valence-corrected chi connectivity index (χ2v) is 8.29. The van der Waals surface area contributed by atoms with E-state index in [-0.39, 0.29) is 33.8 Å². The van der Waals surface area contributed by atoms with Crippen molar-refractivity contribution in [2.75, 3.05) is 11.1 Å². The molecule has 1 amide bonds. The lowest BCUT2D eigenvalue weighted by molar-refractivity contribution is -0.137. The Hall–Kier alpha value is -2.50. The molecule has 0 aliphatic carbocycles. The third-order valence-electron chi connectivity index (χ3n) is 4.26. The second kappa shape index (κ2) is 10.6. The minimum absolute atomic E-state index is 0.00120. The summed E-state index contributed by atoms with van der Waals surface area (Å²) in [4.78, 5) is 12.3. The van der Waals surface area contributed by atoms with Crippen LogP contribution in [0.15, 0.2) is 41.6 Å². The molecule has 0 radical (unpaired) electrons. The van der Waals surface area contributed by atoms with Crippen molar-refractivity contribution in [2.45, 2.75) is 31.4 Å². The Morgan fingerprint density at radius 2 is 1.91 bits per heavy atom. The highest BCUT2D eigenvalue weighted by Gasteiger charge is 2.31. The fourth-order valence-electron chi connectivity index (χ4n) is 2.70. The zero-order valence-corrected chi connectivity index (χ0v) is 19.2. The van der Waals surface area contributed by atoms with Gasteiger partial charge in [0, 0.05) is 6.54 Å². The standard InChI is InChI=1S/C20H16Cl2F4N4O2S/c1-2-30-17(9-32-16-6-4-12(23)8-14(16)22)28-29-19(30)33-10-18(31)27-15-7-11(20(24,25)26)3-5-13(15)21/h3-8H,2,9-10H2,1H3,(H,27,31). The summed E-state index contributed by atoms with van der Waals surface area (Å²) in [6, 6.07) is 6.40. The Morgan fingerprint density at radius 1 is 1.15 bits per heavy atom. The number of rotatable bonds is 8. The van der Waals surface area contributed by atoms with E-state index in [0.29, 0.717) is 17.5 Å². The van der Waals surface area contributed by atoms with Crippen molar-refractivity contribution >= 4 is 46.6 Å². The van der Waals surface area contributed by atoms with Gasteiger partial charge in [0.25, 0.3) is 0 Å². The van der Waals surface area contributed by atoms with Crippen LogP contribution < -0.4 is 10.1 Å². The van der Waals surface area contributed by atoms with E-state index in [4.69, 9.17) is 27.9 Å². The van der Waals surface area contributed by atoms with Crippen LogP contribution in [-0.2, 0) is 24.1 Å². The predicted molar refractivity (Wildman–Crippen MR) is 117 cm³/mol. The third kappa shape index (κ3) is 6.52. The molecule has 0 atom stereocenters. The van der Waals surface area contributed by atoms with Gasteiger partial charge in [0.1, 0.15) is 18.2 Å². The molecule has 1 N–H and O–H groups in total. The topological polar surface area (TPSA) is 69.0 Å². The van der Waals surface area contributed by atoms with Crippen LogP contribution in [0.5, 0.6) is 5.75 Å². The van der Waals surface area contributed by atoms with Crippen molar-refractivity contribution in [1.29, 1.82) is 0 Å². The van der Waals surface area contributed by atoms with Gasteiger partial charge in [-0.3, -0.25) is 4.79 Å². The molecule has 0 fully saturated rings. The monoisotopic (exact) mass is 522 g/mol. The highest BCUT2D eigenvalue weighted by molar-refractivity contribution is 7.99. The van der Waals surface area contributed by atoms with Crippen molar-refractivity contribution in [3.05, 3.63) is 63.6 Å². The first kappa shape index (κ1) is 25.1. The van der Waals surface area contributed by atoms with Crippen LogP contribution in [0.25, 0.3) is 0 Å². The summed E-state index contributed by atoms with van der Waals surface area (Å²) < 4.78 is 59.1. The van der Waals surface area contributed by atoms with E-state index >= 15 is 0 Å². The molecule has 0 saturated carbocycles. The van der Waals surface area contributed by atoms with E-state index in [0.717, 1.165) is 36.0 Å². The van der Waals surface area contributed by atoms with Gasteiger partial charge < -0.3 is 14.6 Å². The molecule has 2 aromatic carbocycles. The minimum atomic E-state index is -4.56. The Bertz CT molecular complexity index is 1160. The zero-order valence-electron chi connectivity index (χ0n) is 16.9. The Morgan fingerprint density at radius 3 is 2.58 bits per heavy atom. The number of carbonyl (C=O) groups excluding carboxylic acids is 1. The van der Waals surface area contributed by atoms with Gasteiger partial charge in [-0.25, -0.2) is 4.39 Å². The number of nitrogens with zero attached hydrogens (tertiary/aromatic N) is 3. The fourth-order valence-corrected chi connectivity index (χ4v) is 3.91. The minimum Gasteiger partial charge on any atom is -0.484 e. The van der Waals surface area contributed by atoms with Crippen LogP contribution in [-0.4, -0.2) is 26.4 Å². The number of carbonyl (C=O) groups is 1. The number of hydrogen-bond donors (Lipinski definition) is 1. The molecule has 0 unspecified atom stereocenters. The van der Waals surface area contributed by atoms with Gasteiger partial charge in [-0.2, -0.15) is 13.2 Å². The number of amides is 1. The lowest BCUT2D eigenvalue weighted by Crippen LogP contribution is -2.16. The van der Waals surface area contributed by atoms with E-state index in [1.165, 1.54) is 12.1 Å². The lowest BCUT2D eigenvalue weighted by atomic mass is 10.2. The van der Waals surface area contributed by atoms with Crippen LogP contribution in [0.4, 0.5) is 23.2 Å². The summed E-state index contributed by atoms with van der Waals surface area (Å²) >= 11 is 12.9. The zero-order chi connectivity index (χ0) is 24.2. The highest BCUT2D eigenvalue weighted by Crippen LogP contribution is 2.34. The molecule has 0 saturated heterocycles. The van der Waals surface area contributed by atoms with Gasteiger partial charge in [-0.1, -0.05) is 35.0 Å². The molecular formula is C20H16Cl2F4N4O2S. The molecule has 0 aliphatic heterocycles. The Labute approximate surface area is 200 Å². The van der Waals surface area contributed by atoms with Crippen molar-refractivity contribution in [3.63, 3.8) is 0 Å². The molecule has 13 heteroatoms. The molecule has 0 aliphatic rings. The van der Waals surface area contributed by atoms with E-state index in [1.54, 1.807) is 4.57 Å². The van der Waals surface area contributed by atoms with Crippen molar-refractivity contribution in [1.82, 2.24) is 14.8 Å². The van der Waals surface area contributed by atoms with Gasteiger partial charge in [0.2, 0.25) is 5.91 Å². The van der Waals surface area contributed by atoms with Crippen LogP contribution in [0, 0.1) is 5.82 Å². The van der Waals surface area contributed by atoms with Gasteiger partial charge in [-0.15, -0.1) is 10.2 Å². The first-order chi connectivity index (χ1) is 15.6. The van der Waals surface area contributed by atoms with E-state index < -0.39 is 23.5 Å². The van der Waals surface area contributed by atoms with E-state index in [9.17, 15) is 22.4 Å². The number of hydrogen-bond acceptors (Lipinski definition) is 5. The maximum absolute atomic E-state index is 13.2. The third-order valence-corrected chi connectivity index (χ3v) is 5.85. The lowest BCUT2D eigenvalue weighted by Gasteiger charge is -2.12. The van der Waals surface area contributed by atoms with Gasteiger partial charge in [0.15, 0.2) is 11.0 Å². The molecule has 0 bridgehead atoms. The van der Waals surface area contributed by atoms with Crippen molar-refractivity contribution < 1.29 is 27.1 Å². The Kier molecular flexibility index (Phi) is 8.09. The molecule has 176 valence electrons. The number of benzene rings is 2. The number of anilines is 1. The van der Waals surface area contributed by atoms with Crippen molar-refractivity contribution in [3.8, 4) is 5.75 Å². The van der Waals surface area contributed by atoms with Crippen LogP contribution in [0.3, 0.4) is 0 Å². The predicted octanol–water partition coefficient (Wildman–Crippen LogP) is 6.07. The average molecular weight is 523 g/mol. The molecule has 6 nitrogen and oxygen atoms in total. The van der Waals surface area contributed by atoms with Crippen LogP contribution in [0.1, 0.15) is 18.3 Å². The number of alkyl halides is 3. The number of ether oxygens (including phenoxy) is 1. The van der Waals surface area contributed by atoms with Crippen molar-refractivity contribution in [2.24, 2.45) is 0 Å². The summed E-state index contributed by atoms with van der Waals surface area (Å²) in [5.41, 5.74) is -1.06. The highest BCUT2D eigenvalue weighted by atomic mass is 35.5. The second-order valence-electron chi connectivity index (χ2n) is 6.54. The summed E-state index contributed by atoms with van der Waals surface area (Å²) in [7, 11) is 0. The largest absolute Gasteiger partial charge is 0.484 e. The number of nitrogens with one attached hydrogen (secondary N) is 1. The molecule has 33 heavy (non-hydrogen) atoms. The molecule has 1 aromatic heterocycles. The maximum Gasteiger partial charge on any atom is 0.416 e. The fraction of sp³-hybridized carbons (Fsp3) is 0.250. The molecule has 3 rings (SSSR count). The normalized spacial score (nSPS) is 11.5. The van der Waals surface area contributed by atoms with E-state index in [1.807, 2.05) is 6.92 Å². The van der Waals surface area contributed by atoms with Crippen LogP contribution >= 0.6 is 35.0 Å². The first-order valence-electron chi connectivity index (χ1n) is 9.37. The SMILES string of the molecule is CCn1c(COc2ccc(F)cc2Cl)nnc1SCC(=O)Nc1cc(C(F)(F)F)ccc1Cl. The quantitative estimate of drug-likeness (QED) is 0.287. The smallest absolute Gasteiger partial charge is 0.416 e. The summed E-state index contributed by atoms with van der Waals surface area (Å²) in [5.74, 6) is -0.484. The first-order valence-corrected chi connectivity index (χ1v) is 11.1. The molecular weight excluding hydrogens is 507 g/mol. The molecule has 3 aromatic rings.